The highest BCUT2D eigenvalue weighted by Crippen LogP contribution is 2.13. The van der Waals surface area contributed by atoms with Crippen LogP contribution < -0.4 is 0 Å². The van der Waals surface area contributed by atoms with E-state index in [0.717, 1.165) is 0 Å². The molecule has 1 unspecified atom stereocenters. The van der Waals surface area contributed by atoms with Crippen molar-refractivity contribution in [3.05, 3.63) is 0 Å². The number of cyclic esters (lactones) is 1. The van der Waals surface area contributed by atoms with Gasteiger partial charge < -0.3 is 14.7 Å². The number of rotatable bonds is 2. The summed E-state index contributed by atoms with van der Waals surface area (Å²) >= 11 is 0. The summed E-state index contributed by atoms with van der Waals surface area (Å²) in [7, 11) is 0. The molecule has 1 aliphatic rings. The summed E-state index contributed by atoms with van der Waals surface area (Å²) in [6.45, 7) is 4.25. The highest BCUT2D eigenvalue weighted by molar-refractivity contribution is 5.70. The zero-order valence-corrected chi connectivity index (χ0v) is 6.78. The molecule has 0 aromatic carbocycles. The third-order valence-corrected chi connectivity index (χ3v) is 1.73. The van der Waals surface area contributed by atoms with Gasteiger partial charge in [-0.2, -0.15) is 0 Å². The summed E-state index contributed by atoms with van der Waals surface area (Å²) in [6, 6.07) is 0.152. The summed E-state index contributed by atoms with van der Waals surface area (Å²) in [5.41, 5.74) is 0. The quantitative estimate of drug-likeness (QED) is 0.626. The van der Waals surface area contributed by atoms with E-state index in [9.17, 15) is 4.79 Å². The van der Waals surface area contributed by atoms with Crippen molar-refractivity contribution in [2.45, 2.75) is 26.0 Å². The minimum Gasteiger partial charge on any atom is -0.442 e. The molecule has 0 spiro atoms. The van der Waals surface area contributed by atoms with Crippen molar-refractivity contribution in [3.8, 4) is 0 Å². The topological polar surface area (TPSA) is 49.8 Å². The molecule has 1 atom stereocenters. The number of aliphatic hydroxyl groups excluding tert-OH is 1. The number of hydrogen-bond donors (Lipinski definition) is 1. The third-order valence-electron chi connectivity index (χ3n) is 1.73. The Morgan fingerprint density at radius 3 is 2.73 bits per heavy atom. The largest absolute Gasteiger partial charge is 0.442 e. The second kappa shape index (κ2) is 3.09. The fraction of sp³-hybridized carbons (Fsp3) is 0.857. The van der Waals surface area contributed by atoms with Gasteiger partial charge in [-0.15, -0.1) is 0 Å². The highest BCUT2D eigenvalue weighted by atomic mass is 16.6. The predicted molar refractivity (Wildman–Crippen MR) is 39.2 cm³/mol. The molecule has 0 radical (unpaired) electrons. The van der Waals surface area contributed by atoms with Crippen molar-refractivity contribution < 1.29 is 14.6 Å². The number of carbonyl (C=O) groups is 1. The molecular formula is C7H13NO3. The van der Waals surface area contributed by atoms with E-state index in [0.29, 0.717) is 6.54 Å². The summed E-state index contributed by atoms with van der Waals surface area (Å²) in [5, 5.41) is 8.68. The van der Waals surface area contributed by atoms with Gasteiger partial charge in [0.2, 0.25) is 0 Å². The SMILES string of the molecule is CC(C)N1CC(CO)OC1=O. The molecule has 1 heterocycles. The Morgan fingerprint density at radius 2 is 2.45 bits per heavy atom. The lowest BCUT2D eigenvalue weighted by Gasteiger charge is -2.16. The van der Waals surface area contributed by atoms with Crippen molar-refractivity contribution in [2.24, 2.45) is 0 Å². The molecule has 0 bridgehead atoms. The van der Waals surface area contributed by atoms with Crippen LogP contribution in [0.5, 0.6) is 0 Å². The first-order valence-electron chi connectivity index (χ1n) is 3.73. The van der Waals surface area contributed by atoms with Gasteiger partial charge in [-0.3, -0.25) is 0 Å². The lowest BCUT2D eigenvalue weighted by atomic mass is 10.3. The molecule has 11 heavy (non-hydrogen) atoms. The van der Waals surface area contributed by atoms with E-state index >= 15 is 0 Å². The van der Waals surface area contributed by atoms with Crippen LogP contribution >= 0.6 is 0 Å². The molecule has 0 aliphatic carbocycles. The summed E-state index contributed by atoms with van der Waals surface area (Å²) in [6.07, 6.45) is -0.649. The molecule has 64 valence electrons. The van der Waals surface area contributed by atoms with Gasteiger partial charge in [0, 0.05) is 6.04 Å². The molecule has 1 aliphatic heterocycles. The van der Waals surface area contributed by atoms with Crippen LogP contribution in [0.1, 0.15) is 13.8 Å². The van der Waals surface area contributed by atoms with Crippen molar-refractivity contribution >= 4 is 6.09 Å². The molecule has 1 saturated heterocycles. The van der Waals surface area contributed by atoms with Crippen molar-refractivity contribution in [1.82, 2.24) is 4.90 Å². The lowest BCUT2D eigenvalue weighted by molar-refractivity contribution is 0.0943. The van der Waals surface area contributed by atoms with Crippen LogP contribution in [0, 0.1) is 0 Å². The van der Waals surface area contributed by atoms with Crippen LogP contribution in [0.2, 0.25) is 0 Å². The van der Waals surface area contributed by atoms with Gasteiger partial charge in [0.15, 0.2) is 0 Å². The summed E-state index contributed by atoms with van der Waals surface area (Å²) < 4.78 is 4.82. The number of carbonyl (C=O) groups excluding carboxylic acids is 1. The first-order chi connectivity index (χ1) is 5.15. The normalized spacial score (nSPS) is 24.5. The Balaban J connectivity index is 2.52. The average Bonchev–Trinajstić information content (AvgIpc) is 2.30. The summed E-state index contributed by atoms with van der Waals surface area (Å²) in [4.78, 5) is 12.6. The van der Waals surface area contributed by atoms with Gasteiger partial charge in [-0.25, -0.2) is 4.79 Å². The summed E-state index contributed by atoms with van der Waals surface area (Å²) in [5.74, 6) is 0. The smallest absolute Gasteiger partial charge is 0.410 e. The predicted octanol–water partition coefficient (Wildman–Crippen LogP) is 0.208. The maximum Gasteiger partial charge on any atom is 0.410 e. The van der Waals surface area contributed by atoms with Crippen molar-refractivity contribution in [3.63, 3.8) is 0 Å². The Hall–Kier alpha value is -0.770. The Bertz CT molecular complexity index is 158. The molecule has 0 aromatic heterocycles. The van der Waals surface area contributed by atoms with Crippen molar-refractivity contribution in [2.75, 3.05) is 13.2 Å². The minimum atomic E-state index is -0.329. The Kier molecular flexibility index (Phi) is 2.34. The minimum absolute atomic E-state index is 0.0883. The average molecular weight is 159 g/mol. The fourth-order valence-corrected chi connectivity index (χ4v) is 1.06. The van der Waals surface area contributed by atoms with Gasteiger partial charge in [0.05, 0.1) is 13.2 Å². The van der Waals surface area contributed by atoms with Crippen LogP contribution in [-0.4, -0.2) is 41.4 Å². The van der Waals surface area contributed by atoms with Gasteiger partial charge in [0.25, 0.3) is 0 Å². The fourth-order valence-electron chi connectivity index (χ4n) is 1.06. The molecule has 4 nitrogen and oxygen atoms in total. The van der Waals surface area contributed by atoms with E-state index in [-0.39, 0.29) is 24.8 Å². The Labute approximate surface area is 65.8 Å². The van der Waals surface area contributed by atoms with Crippen molar-refractivity contribution in [1.29, 1.82) is 0 Å². The van der Waals surface area contributed by atoms with E-state index in [2.05, 4.69) is 0 Å². The van der Waals surface area contributed by atoms with Crippen LogP contribution in [0.15, 0.2) is 0 Å². The van der Waals surface area contributed by atoms with Crippen LogP contribution in [0.3, 0.4) is 0 Å². The molecular weight excluding hydrogens is 146 g/mol. The third kappa shape index (κ3) is 1.63. The monoisotopic (exact) mass is 159 g/mol. The molecule has 1 N–H and O–H groups in total. The lowest BCUT2D eigenvalue weighted by Crippen LogP contribution is -2.32. The van der Waals surface area contributed by atoms with E-state index in [1.54, 1.807) is 4.90 Å². The second-order valence-electron chi connectivity index (χ2n) is 2.93. The number of nitrogens with zero attached hydrogens (tertiary/aromatic N) is 1. The maximum absolute atomic E-state index is 11.0. The van der Waals surface area contributed by atoms with Gasteiger partial charge in [-0.1, -0.05) is 0 Å². The van der Waals surface area contributed by atoms with Crippen LogP contribution in [-0.2, 0) is 4.74 Å². The number of amides is 1. The first kappa shape index (κ1) is 8.33. The van der Waals surface area contributed by atoms with E-state index in [4.69, 9.17) is 9.84 Å². The number of aliphatic hydroxyl groups is 1. The van der Waals surface area contributed by atoms with Gasteiger partial charge in [-0.05, 0) is 13.8 Å². The molecule has 4 heteroatoms. The van der Waals surface area contributed by atoms with Crippen LogP contribution in [0.4, 0.5) is 4.79 Å². The number of ether oxygens (including phenoxy) is 1. The van der Waals surface area contributed by atoms with E-state index in [1.165, 1.54) is 0 Å². The van der Waals surface area contributed by atoms with Gasteiger partial charge >= 0.3 is 6.09 Å². The standard InChI is InChI=1S/C7H13NO3/c1-5(2)8-3-6(4-9)11-7(8)10/h5-6,9H,3-4H2,1-2H3. The van der Waals surface area contributed by atoms with E-state index < -0.39 is 0 Å². The maximum atomic E-state index is 11.0. The zero-order valence-electron chi connectivity index (χ0n) is 6.78. The first-order valence-corrected chi connectivity index (χ1v) is 3.73. The van der Waals surface area contributed by atoms with E-state index in [1.807, 2.05) is 13.8 Å². The zero-order chi connectivity index (χ0) is 8.43. The number of hydrogen-bond acceptors (Lipinski definition) is 3. The molecule has 0 aromatic rings. The molecule has 1 fully saturated rings. The van der Waals surface area contributed by atoms with Gasteiger partial charge in [0.1, 0.15) is 6.10 Å². The molecule has 1 amide bonds. The van der Waals surface area contributed by atoms with Crippen LogP contribution in [0.25, 0.3) is 0 Å². The molecule has 0 saturated carbocycles. The second-order valence-corrected chi connectivity index (χ2v) is 2.93. The Morgan fingerprint density at radius 1 is 1.82 bits per heavy atom. The molecule has 1 rings (SSSR count). The highest BCUT2D eigenvalue weighted by Gasteiger charge is 2.31.